The predicted molar refractivity (Wildman–Crippen MR) is 95.1 cm³/mol. The molecule has 6 heteroatoms. The van der Waals surface area contributed by atoms with Gasteiger partial charge in [-0.05, 0) is 45.4 Å². The Morgan fingerprint density at radius 3 is 2.96 bits per heavy atom. The third-order valence-corrected chi connectivity index (χ3v) is 4.85. The quantitative estimate of drug-likeness (QED) is 0.789. The fourth-order valence-corrected chi connectivity index (χ4v) is 3.54. The number of ether oxygens (including phenoxy) is 1. The van der Waals surface area contributed by atoms with Gasteiger partial charge in [-0.25, -0.2) is 4.98 Å². The lowest BCUT2D eigenvalue weighted by atomic mass is 9.91. The van der Waals surface area contributed by atoms with Crippen LogP contribution in [0.4, 0.5) is 0 Å². The van der Waals surface area contributed by atoms with Gasteiger partial charge in [0, 0.05) is 17.3 Å². The highest BCUT2D eigenvalue weighted by Crippen LogP contribution is 2.37. The molecule has 1 aromatic carbocycles. The summed E-state index contributed by atoms with van der Waals surface area (Å²) < 4.78 is 13.2. The Balaban J connectivity index is 1.76. The molecule has 4 rings (SSSR count). The number of aromatic nitrogens is 3. The summed E-state index contributed by atoms with van der Waals surface area (Å²) >= 11 is 0. The van der Waals surface area contributed by atoms with Crippen molar-refractivity contribution in [3.8, 4) is 22.7 Å². The molecule has 3 aromatic rings. The third kappa shape index (κ3) is 2.72. The molecular weight excluding hydrogens is 316 g/mol. The number of rotatable bonds is 4. The average Bonchev–Trinajstić information content (AvgIpc) is 3.27. The van der Waals surface area contributed by atoms with Crippen molar-refractivity contribution in [3.63, 3.8) is 0 Å². The van der Waals surface area contributed by atoms with Crippen LogP contribution in [0, 0.1) is 6.92 Å². The van der Waals surface area contributed by atoms with Crippen molar-refractivity contribution in [1.29, 1.82) is 0 Å². The number of aryl methyl sites for hydroxylation is 1. The molecule has 0 saturated carbocycles. The lowest BCUT2D eigenvalue weighted by molar-refractivity contribution is 0.324. The van der Waals surface area contributed by atoms with E-state index in [9.17, 15) is 0 Å². The summed E-state index contributed by atoms with van der Waals surface area (Å²) in [6, 6.07) is 6.37. The van der Waals surface area contributed by atoms with Crippen molar-refractivity contribution in [2.45, 2.75) is 32.2 Å². The van der Waals surface area contributed by atoms with E-state index >= 15 is 0 Å². The molecule has 1 N–H and O–H groups in total. The van der Waals surface area contributed by atoms with Crippen LogP contribution in [0.1, 0.15) is 35.9 Å². The summed E-state index contributed by atoms with van der Waals surface area (Å²) in [5.41, 5.74) is 5.06. The zero-order valence-corrected chi connectivity index (χ0v) is 14.7. The molecule has 0 aliphatic heterocycles. The van der Waals surface area contributed by atoms with E-state index in [1.165, 1.54) is 5.56 Å². The van der Waals surface area contributed by atoms with Gasteiger partial charge in [0.2, 0.25) is 0 Å². The van der Waals surface area contributed by atoms with Crippen molar-refractivity contribution in [3.05, 3.63) is 47.7 Å². The van der Waals surface area contributed by atoms with Crippen LogP contribution in [0.5, 0.6) is 5.75 Å². The summed E-state index contributed by atoms with van der Waals surface area (Å²) in [5.74, 6) is 1.75. The van der Waals surface area contributed by atoms with Crippen LogP contribution in [0.2, 0.25) is 0 Å². The second-order valence-electron chi connectivity index (χ2n) is 6.42. The summed E-state index contributed by atoms with van der Waals surface area (Å²) in [7, 11) is 3.65. The average molecular weight is 338 g/mol. The zero-order valence-electron chi connectivity index (χ0n) is 14.7. The molecule has 0 amide bonds. The molecule has 25 heavy (non-hydrogen) atoms. The zero-order chi connectivity index (χ0) is 17.4. The first-order chi connectivity index (χ1) is 12.2. The Morgan fingerprint density at radius 2 is 2.24 bits per heavy atom. The maximum atomic E-state index is 5.67. The van der Waals surface area contributed by atoms with Crippen LogP contribution in [0.3, 0.4) is 0 Å². The topological polar surface area (TPSA) is 65.1 Å². The van der Waals surface area contributed by atoms with Crippen LogP contribution in [0.15, 0.2) is 35.2 Å². The molecular formula is C19H22N4O2. The minimum atomic E-state index is 0.250. The van der Waals surface area contributed by atoms with Gasteiger partial charge in [0.05, 0.1) is 30.9 Å². The van der Waals surface area contributed by atoms with E-state index in [2.05, 4.69) is 21.5 Å². The van der Waals surface area contributed by atoms with E-state index in [1.807, 2.05) is 36.9 Å². The summed E-state index contributed by atoms with van der Waals surface area (Å²) in [6.07, 6.45) is 6.99. The van der Waals surface area contributed by atoms with Crippen LogP contribution in [-0.4, -0.2) is 28.9 Å². The summed E-state index contributed by atoms with van der Waals surface area (Å²) in [6.45, 7) is 1.97. The molecule has 0 fully saturated rings. The molecule has 2 aromatic heterocycles. The molecule has 1 aliphatic carbocycles. The van der Waals surface area contributed by atoms with E-state index in [4.69, 9.17) is 9.26 Å². The second kappa shape index (κ2) is 6.37. The molecule has 6 nitrogen and oxygen atoms in total. The molecule has 1 unspecified atom stereocenters. The van der Waals surface area contributed by atoms with Gasteiger partial charge >= 0.3 is 0 Å². The van der Waals surface area contributed by atoms with Crippen LogP contribution in [0.25, 0.3) is 16.9 Å². The number of imidazole rings is 1. The number of hydrogen-bond acceptors (Lipinski definition) is 5. The number of nitrogens with zero attached hydrogens (tertiary/aromatic N) is 3. The van der Waals surface area contributed by atoms with Crippen molar-refractivity contribution < 1.29 is 9.26 Å². The standard InChI is InChI=1S/C19H22N4O2/c1-12-10-23(11-21-12)16-8-7-13(9-17(16)24-3)18-14-5-4-6-15(20-2)19(14)25-22-18/h7-11,15,20H,4-6H2,1-3H3. The van der Waals surface area contributed by atoms with E-state index in [-0.39, 0.29) is 6.04 Å². The molecule has 2 heterocycles. The van der Waals surface area contributed by atoms with Crippen molar-refractivity contribution in [1.82, 2.24) is 20.0 Å². The number of benzene rings is 1. The van der Waals surface area contributed by atoms with Gasteiger partial charge in [0.25, 0.3) is 0 Å². The molecule has 1 aliphatic rings. The van der Waals surface area contributed by atoms with Crippen molar-refractivity contribution >= 4 is 0 Å². The molecule has 0 spiro atoms. The lowest BCUT2D eigenvalue weighted by Gasteiger charge is -2.19. The van der Waals surface area contributed by atoms with Gasteiger partial charge in [0.1, 0.15) is 11.4 Å². The maximum Gasteiger partial charge on any atom is 0.157 e. The Hall–Kier alpha value is -2.60. The summed E-state index contributed by atoms with van der Waals surface area (Å²) in [4.78, 5) is 4.29. The Labute approximate surface area is 146 Å². The van der Waals surface area contributed by atoms with Gasteiger partial charge in [-0.15, -0.1) is 0 Å². The fraction of sp³-hybridized carbons (Fsp3) is 0.368. The van der Waals surface area contributed by atoms with Crippen molar-refractivity contribution in [2.24, 2.45) is 0 Å². The van der Waals surface area contributed by atoms with E-state index in [1.54, 1.807) is 13.4 Å². The minimum absolute atomic E-state index is 0.250. The molecule has 0 saturated heterocycles. The van der Waals surface area contributed by atoms with Gasteiger partial charge < -0.3 is 19.1 Å². The Morgan fingerprint density at radius 1 is 1.36 bits per heavy atom. The molecule has 0 radical (unpaired) electrons. The first kappa shape index (κ1) is 15.9. The fourth-order valence-electron chi connectivity index (χ4n) is 3.54. The van der Waals surface area contributed by atoms with Gasteiger partial charge in [-0.1, -0.05) is 11.2 Å². The minimum Gasteiger partial charge on any atom is -0.495 e. The maximum absolute atomic E-state index is 5.67. The normalized spacial score (nSPS) is 16.7. The number of hydrogen-bond donors (Lipinski definition) is 1. The third-order valence-electron chi connectivity index (χ3n) is 4.85. The SMILES string of the molecule is CNC1CCCc2c(-c3ccc(-n4cnc(C)c4)c(OC)c3)noc21. The Kier molecular flexibility index (Phi) is 4.05. The van der Waals surface area contributed by atoms with E-state index in [0.29, 0.717) is 0 Å². The lowest BCUT2D eigenvalue weighted by Crippen LogP contribution is -2.20. The van der Waals surface area contributed by atoms with E-state index in [0.717, 1.165) is 53.4 Å². The van der Waals surface area contributed by atoms with Gasteiger partial charge in [-0.3, -0.25) is 0 Å². The highest BCUT2D eigenvalue weighted by Gasteiger charge is 2.27. The van der Waals surface area contributed by atoms with Crippen LogP contribution in [-0.2, 0) is 6.42 Å². The number of fused-ring (bicyclic) bond motifs is 1. The van der Waals surface area contributed by atoms with Gasteiger partial charge in [-0.2, -0.15) is 0 Å². The largest absolute Gasteiger partial charge is 0.495 e. The first-order valence-corrected chi connectivity index (χ1v) is 8.56. The van der Waals surface area contributed by atoms with Crippen molar-refractivity contribution in [2.75, 3.05) is 14.2 Å². The molecule has 1 atom stereocenters. The number of nitrogens with one attached hydrogen (secondary N) is 1. The highest BCUT2D eigenvalue weighted by atomic mass is 16.5. The van der Waals surface area contributed by atoms with Gasteiger partial charge in [0.15, 0.2) is 5.76 Å². The monoisotopic (exact) mass is 338 g/mol. The highest BCUT2D eigenvalue weighted by molar-refractivity contribution is 5.68. The second-order valence-corrected chi connectivity index (χ2v) is 6.42. The predicted octanol–water partition coefficient (Wildman–Crippen LogP) is 3.44. The molecule has 130 valence electrons. The summed E-state index contributed by atoms with van der Waals surface area (Å²) in [5, 5.41) is 7.67. The molecule has 0 bridgehead atoms. The smallest absolute Gasteiger partial charge is 0.157 e. The first-order valence-electron chi connectivity index (χ1n) is 8.56. The van der Waals surface area contributed by atoms with E-state index < -0.39 is 0 Å². The van der Waals surface area contributed by atoms with Crippen LogP contribution >= 0.6 is 0 Å². The van der Waals surface area contributed by atoms with Crippen LogP contribution < -0.4 is 10.1 Å². The number of methoxy groups -OCH3 is 1. The Bertz CT molecular complexity index is 897.